The van der Waals surface area contributed by atoms with Gasteiger partial charge < -0.3 is 15.4 Å². The first-order valence-electron chi connectivity index (χ1n) is 13.2. The number of hydrogen-bond acceptors (Lipinski definition) is 4. The number of aliphatic carboxylic acids is 1. The summed E-state index contributed by atoms with van der Waals surface area (Å²) in [6.07, 6.45) is 1.12. The summed E-state index contributed by atoms with van der Waals surface area (Å²) in [6, 6.07) is 9.53. The van der Waals surface area contributed by atoms with Gasteiger partial charge in [-0.3, -0.25) is 19.0 Å². The van der Waals surface area contributed by atoms with Crippen molar-refractivity contribution in [1.82, 2.24) is 14.8 Å². The van der Waals surface area contributed by atoms with Crippen molar-refractivity contribution < 1.29 is 23.1 Å². The maximum absolute atomic E-state index is 15.9. The highest BCUT2D eigenvalue weighted by molar-refractivity contribution is 5.85. The fourth-order valence-corrected chi connectivity index (χ4v) is 5.88. The number of alkyl halides is 1. The number of likely N-dealkylation sites (tertiary alicyclic amines) is 1. The molecule has 0 radical (unpaired) electrons. The first-order valence-corrected chi connectivity index (χ1v) is 13.2. The molecule has 3 aromatic rings. The Hall–Kier alpha value is -3.04. The topological polar surface area (TPSA) is 71.6 Å². The van der Waals surface area contributed by atoms with Crippen molar-refractivity contribution in [3.63, 3.8) is 0 Å². The monoisotopic (exact) mass is 528 g/mol. The molecule has 2 aromatic carbocycles. The quantitative estimate of drug-likeness (QED) is 0.349. The van der Waals surface area contributed by atoms with Gasteiger partial charge in [-0.05, 0) is 57.4 Å². The molecule has 3 N–H and O–H groups in total. The van der Waals surface area contributed by atoms with Crippen LogP contribution in [-0.2, 0) is 11.2 Å². The number of halogens is 3. The van der Waals surface area contributed by atoms with Crippen molar-refractivity contribution in [1.29, 1.82) is 0 Å². The number of H-pyrrole nitrogens is 1. The Bertz CT molecular complexity index is 1310. The van der Waals surface area contributed by atoms with Crippen LogP contribution in [0.4, 0.5) is 18.9 Å². The van der Waals surface area contributed by atoms with Crippen LogP contribution < -0.4 is 5.32 Å². The van der Waals surface area contributed by atoms with Crippen molar-refractivity contribution >= 4 is 22.6 Å². The van der Waals surface area contributed by atoms with Crippen molar-refractivity contribution in [2.45, 2.75) is 51.7 Å². The minimum absolute atomic E-state index is 0.0436. The number of carbonyl (C=O) groups is 1. The highest BCUT2D eigenvalue weighted by Crippen LogP contribution is 2.44. The molecule has 38 heavy (non-hydrogen) atoms. The molecule has 2 atom stereocenters. The SMILES string of the molecule is C[C@@H]1Cc2c([nH]c3ccccc23)[C@@H](c2c(F)cc(NC3CN(CCCF)C3)cc2F)N1CC(C)(C)C(=O)O. The third-order valence-electron chi connectivity index (χ3n) is 7.96. The van der Waals surface area contributed by atoms with Crippen LogP contribution in [0.25, 0.3) is 10.9 Å². The molecule has 9 heteroatoms. The summed E-state index contributed by atoms with van der Waals surface area (Å²) in [5.41, 5.74) is 1.74. The van der Waals surface area contributed by atoms with Crippen LogP contribution in [0.3, 0.4) is 0 Å². The third kappa shape index (κ3) is 4.89. The standard InChI is InChI=1S/C29H35F3N4O2/c1-17-11-21-20-7-4-5-8-24(20)34-26(21)27(36(17)16-29(2,3)28(37)38)25-22(31)12-18(13-23(25)32)33-19-14-35(15-19)10-6-9-30/h4-5,7-8,12-13,17,19,27,33-34H,6,9-11,14-16H2,1-3H3,(H,37,38)/t17-,27-/m1/s1. The van der Waals surface area contributed by atoms with Gasteiger partial charge in [-0.15, -0.1) is 0 Å². The van der Waals surface area contributed by atoms with Crippen LogP contribution in [0, 0.1) is 17.0 Å². The van der Waals surface area contributed by atoms with Gasteiger partial charge in [0.25, 0.3) is 0 Å². The lowest BCUT2D eigenvalue weighted by molar-refractivity contribution is -0.148. The average Bonchev–Trinajstić information content (AvgIpc) is 3.19. The van der Waals surface area contributed by atoms with Gasteiger partial charge in [0, 0.05) is 60.1 Å². The van der Waals surface area contributed by atoms with Crippen molar-refractivity contribution in [3.8, 4) is 0 Å². The molecular weight excluding hydrogens is 493 g/mol. The van der Waals surface area contributed by atoms with Crippen molar-refractivity contribution in [2.75, 3.05) is 38.2 Å². The smallest absolute Gasteiger partial charge is 0.310 e. The predicted molar refractivity (Wildman–Crippen MR) is 142 cm³/mol. The van der Waals surface area contributed by atoms with E-state index in [1.54, 1.807) is 13.8 Å². The van der Waals surface area contributed by atoms with Gasteiger partial charge >= 0.3 is 5.97 Å². The second-order valence-electron chi connectivity index (χ2n) is 11.4. The van der Waals surface area contributed by atoms with Crippen LogP contribution in [0.15, 0.2) is 36.4 Å². The minimum Gasteiger partial charge on any atom is -0.481 e. The Morgan fingerprint density at radius 1 is 1.18 bits per heavy atom. The van der Waals surface area contributed by atoms with Gasteiger partial charge in [-0.25, -0.2) is 8.78 Å². The van der Waals surface area contributed by atoms with Crippen molar-refractivity contribution in [3.05, 3.63) is 64.9 Å². The molecule has 2 aliphatic heterocycles. The van der Waals surface area contributed by atoms with E-state index in [2.05, 4.69) is 15.2 Å². The molecule has 2 aliphatic rings. The minimum atomic E-state index is -1.12. The van der Waals surface area contributed by atoms with Gasteiger partial charge in [0.15, 0.2) is 0 Å². The first kappa shape index (κ1) is 26.6. The van der Waals surface area contributed by atoms with E-state index in [9.17, 15) is 14.3 Å². The van der Waals surface area contributed by atoms with Crippen LogP contribution in [0.2, 0.25) is 0 Å². The summed E-state index contributed by atoms with van der Waals surface area (Å²) < 4.78 is 44.1. The fraction of sp³-hybridized carbons (Fsp3) is 0.483. The number of para-hydroxylation sites is 1. The molecule has 1 fully saturated rings. The Morgan fingerprint density at radius 2 is 1.87 bits per heavy atom. The van der Waals surface area contributed by atoms with E-state index in [1.807, 2.05) is 36.1 Å². The summed E-state index contributed by atoms with van der Waals surface area (Å²) in [5, 5.41) is 14.0. The maximum atomic E-state index is 15.9. The van der Waals surface area contributed by atoms with Gasteiger partial charge in [0.1, 0.15) is 11.6 Å². The number of nitrogens with one attached hydrogen (secondary N) is 2. The Balaban J connectivity index is 1.51. The number of aromatic nitrogens is 1. The number of benzene rings is 2. The zero-order valence-corrected chi connectivity index (χ0v) is 22.0. The zero-order valence-electron chi connectivity index (χ0n) is 22.0. The Labute approximate surface area is 220 Å². The number of carboxylic acid groups (broad SMARTS) is 1. The molecule has 3 heterocycles. The number of hydrogen-bond donors (Lipinski definition) is 3. The summed E-state index contributed by atoms with van der Waals surface area (Å²) in [4.78, 5) is 19.4. The van der Waals surface area contributed by atoms with Crippen LogP contribution in [-0.4, -0.2) is 70.8 Å². The lowest BCUT2D eigenvalue weighted by Gasteiger charge is -2.44. The lowest BCUT2D eigenvalue weighted by atomic mass is 9.84. The summed E-state index contributed by atoms with van der Waals surface area (Å²) in [6.45, 7) is 7.08. The number of aromatic amines is 1. The largest absolute Gasteiger partial charge is 0.481 e. The molecule has 0 unspecified atom stereocenters. The molecule has 6 nitrogen and oxygen atoms in total. The van der Waals surface area contributed by atoms with Gasteiger partial charge in [-0.2, -0.15) is 0 Å². The molecule has 0 amide bonds. The van der Waals surface area contributed by atoms with E-state index < -0.39 is 29.1 Å². The summed E-state index contributed by atoms with van der Waals surface area (Å²) in [7, 11) is 0. The van der Waals surface area contributed by atoms with E-state index in [0.717, 1.165) is 16.5 Å². The normalized spacial score (nSPS) is 20.9. The number of carboxylic acids is 1. The first-order chi connectivity index (χ1) is 18.1. The van der Waals surface area contributed by atoms with Gasteiger partial charge in [0.05, 0.1) is 24.2 Å². The second kappa shape index (κ2) is 10.3. The molecule has 1 saturated heterocycles. The van der Waals surface area contributed by atoms with Crippen LogP contribution >= 0.6 is 0 Å². The third-order valence-corrected chi connectivity index (χ3v) is 7.96. The van der Waals surface area contributed by atoms with Crippen LogP contribution in [0.5, 0.6) is 0 Å². The molecule has 204 valence electrons. The Morgan fingerprint density at radius 3 is 2.53 bits per heavy atom. The van der Waals surface area contributed by atoms with Gasteiger partial charge in [0.2, 0.25) is 0 Å². The van der Waals surface area contributed by atoms with Crippen LogP contribution in [0.1, 0.15) is 50.1 Å². The molecule has 0 saturated carbocycles. The van der Waals surface area contributed by atoms with Gasteiger partial charge in [-0.1, -0.05) is 18.2 Å². The molecule has 0 spiro atoms. The average molecular weight is 529 g/mol. The van der Waals surface area contributed by atoms with E-state index in [0.29, 0.717) is 43.9 Å². The zero-order chi connectivity index (χ0) is 27.2. The predicted octanol–water partition coefficient (Wildman–Crippen LogP) is 5.35. The molecule has 0 bridgehead atoms. The fourth-order valence-electron chi connectivity index (χ4n) is 5.88. The number of fused-ring (bicyclic) bond motifs is 3. The molecular formula is C29H35F3N4O2. The van der Waals surface area contributed by atoms with E-state index in [1.165, 1.54) is 12.1 Å². The molecule has 0 aliphatic carbocycles. The highest BCUT2D eigenvalue weighted by Gasteiger charge is 2.42. The molecule has 1 aromatic heterocycles. The van der Waals surface area contributed by atoms with E-state index in [-0.39, 0.29) is 30.9 Å². The Kier molecular flexibility index (Phi) is 7.17. The second-order valence-corrected chi connectivity index (χ2v) is 11.4. The maximum Gasteiger partial charge on any atom is 0.310 e. The van der Waals surface area contributed by atoms with E-state index in [4.69, 9.17) is 0 Å². The summed E-state index contributed by atoms with van der Waals surface area (Å²) in [5.74, 6) is -2.32. The number of nitrogens with zero attached hydrogens (tertiary/aromatic N) is 2. The lowest BCUT2D eigenvalue weighted by Crippen LogP contribution is -2.54. The van der Waals surface area contributed by atoms with E-state index >= 15 is 8.78 Å². The number of anilines is 1. The van der Waals surface area contributed by atoms with Crippen molar-refractivity contribution in [2.24, 2.45) is 5.41 Å². The summed E-state index contributed by atoms with van der Waals surface area (Å²) >= 11 is 0. The molecule has 5 rings (SSSR count). The highest BCUT2D eigenvalue weighted by atomic mass is 19.1. The number of rotatable bonds is 9.